The van der Waals surface area contributed by atoms with Crippen LogP contribution >= 0.6 is 0 Å². The Hall–Kier alpha value is -0.690. The Morgan fingerprint density at radius 1 is 0.561 bits per heavy atom. The molecule has 1 aliphatic carbocycles. The molecule has 340 valence electrons. The molecular formula is C51H103N3O3. The number of nitrogens with one attached hydrogen (secondary N) is 1. The molecular weight excluding hydrogens is 703 g/mol. The Morgan fingerprint density at radius 3 is 1.58 bits per heavy atom. The van der Waals surface area contributed by atoms with Gasteiger partial charge in [0.15, 0.2) is 0 Å². The fourth-order valence-corrected chi connectivity index (χ4v) is 9.22. The summed E-state index contributed by atoms with van der Waals surface area (Å²) < 4.78 is 6.29. The van der Waals surface area contributed by atoms with Crippen LogP contribution < -0.4 is 5.32 Å². The number of carbonyl (C=O) groups excluding carboxylic acids is 1. The zero-order chi connectivity index (χ0) is 41.3. The Balaban J connectivity index is 2.51. The Bertz CT molecular complexity index is 796. The molecule has 1 amide bonds. The lowest BCUT2D eigenvalue weighted by Crippen LogP contribution is -2.43. The van der Waals surface area contributed by atoms with E-state index in [1.165, 1.54) is 199 Å². The molecule has 0 atom stereocenters. The first-order valence-corrected chi connectivity index (χ1v) is 26.0. The van der Waals surface area contributed by atoms with E-state index in [0.29, 0.717) is 18.4 Å². The van der Waals surface area contributed by atoms with Crippen molar-refractivity contribution in [1.29, 1.82) is 0 Å². The molecule has 0 aromatic rings. The molecule has 1 rings (SSSR count). The molecule has 0 aliphatic heterocycles. The molecule has 0 spiro atoms. The van der Waals surface area contributed by atoms with Gasteiger partial charge in [0.25, 0.3) is 0 Å². The van der Waals surface area contributed by atoms with Crippen molar-refractivity contribution in [2.24, 2.45) is 11.8 Å². The predicted molar refractivity (Wildman–Crippen MR) is 249 cm³/mol. The number of aliphatic hydroxyl groups excluding tert-OH is 1. The van der Waals surface area contributed by atoms with Gasteiger partial charge in [0.1, 0.15) is 0 Å². The summed E-state index contributed by atoms with van der Waals surface area (Å²) in [5.74, 6) is 1.67. The van der Waals surface area contributed by atoms with Crippen LogP contribution in [0, 0.1) is 11.8 Å². The number of aliphatic hydroxyl groups is 1. The highest BCUT2D eigenvalue weighted by atomic mass is 16.5. The summed E-state index contributed by atoms with van der Waals surface area (Å²) in [7, 11) is 0. The molecule has 0 aromatic heterocycles. The monoisotopic (exact) mass is 806 g/mol. The van der Waals surface area contributed by atoms with Gasteiger partial charge in [-0.05, 0) is 89.1 Å². The van der Waals surface area contributed by atoms with Crippen LogP contribution in [0.3, 0.4) is 0 Å². The van der Waals surface area contributed by atoms with Crippen molar-refractivity contribution in [2.45, 2.75) is 252 Å². The SMILES string of the molecule is CCCCCCC(CCCCCC)CNC(=O)CCCCCN(CCCCCCOCC(CCCCCC)CCCCCC)CCN(CCO)C1CCCCCC1. The van der Waals surface area contributed by atoms with Gasteiger partial charge in [-0.25, -0.2) is 0 Å². The maximum atomic E-state index is 12.9. The van der Waals surface area contributed by atoms with E-state index in [0.717, 1.165) is 71.2 Å². The van der Waals surface area contributed by atoms with Crippen LogP contribution in [-0.4, -0.2) is 85.9 Å². The summed E-state index contributed by atoms with van der Waals surface area (Å²) in [6.07, 6.45) is 43.6. The van der Waals surface area contributed by atoms with Crippen molar-refractivity contribution >= 4 is 5.91 Å². The summed E-state index contributed by atoms with van der Waals surface area (Å²) in [5.41, 5.74) is 0. The first kappa shape index (κ1) is 54.3. The number of rotatable bonds is 43. The number of hydrogen-bond donors (Lipinski definition) is 2. The van der Waals surface area contributed by atoms with Gasteiger partial charge < -0.3 is 20.1 Å². The number of unbranched alkanes of at least 4 members (excludes halogenated alkanes) is 17. The second-order valence-corrected chi connectivity index (χ2v) is 18.5. The fourth-order valence-electron chi connectivity index (χ4n) is 9.22. The second-order valence-electron chi connectivity index (χ2n) is 18.5. The number of amides is 1. The minimum absolute atomic E-state index is 0.261. The highest BCUT2D eigenvalue weighted by Gasteiger charge is 2.20. The molecule has 0 unspecified atom stereocenters. The van der Waals surface area contributed by atoms with E-state index in [4.69, 9.17) is 4.74 Å². The summed E-state index contributed by atoms with van der Waals surface area (Å²) in [6, 6.07) is 0.638. The van der Waals surface area contributed by atoms with Crippen molar-refractivity contribution < 1.29 is 14.6 Å². The van der Waals surface area contributed by atoms with Crippen LogP contribution in [0.4, 0.5) is 0 Å². The van der Waals surface area contributed by atoms with Gasteiger partial charge in [-0.3, -0.25) is 9.69 Å². The molecule has 1 saturated carbocycles. The average Bonchev–Trinajstić information content (AvgIpc) is 3.51. The third-order valence-corrected chi connectivity index (χ3v) is 13.1. The van der Waals surface area contributed by atoms with Crippen molar-refractivity contribution in [1.82, 2.24) is 15.1 Å². The van der Waals surface area contributed by atoms with Gasteiger partial charge in [0.2, 0.25) is 5.91 Å². The van der Waals surface area contributed by atoms with Crippen LogP contribution in [0.5, 0.6) is 0 Å². The van der Waals surface area contributed by atoms with E-state index in [-0.39, 0.29) is 12.5 Å². The molecule has 1 aliphatic rings. The van der Waals surface area contributed by atoms with Gasteiger partial charge in [-0.15, -0.1) is 0 Å². The molecule has 57 heavy (non-hydrogen) atoms. The number of carbonyl (C=O) groups is 1. The normalized spacial score (nSPS) is 14.1. The summed E-state index contributed by atoms with van der Waals surface area (Å²) >= 11 is 0. The van der Waals surface area contributed by atoms with Crippen molar-refractivity contribution in [3.8, 4) is 0 Å². The van der Waals surface area contributed by atoms with Gasteiger partial charge >= 0.3 is 0 Å². The lowest BCUT2D eigenvalue weighted by Gasteiger charge is -2.33. The highest BCUT2D eigenvalue weighted by Crippen LogP contribution is 2.23. The standard InChI is InChI=1S/C51H103N3O3/c1-5-9-13-22-32-48(33-23-14-10-6-2)46-52-51(56)38-28-21-30-40-53(41-42-54(43-44-55)50-36-26-17-18-27-37-50)39-29-19-20-31-45-57-47-49(34-24-15-11-7-3)35-25-16-12-8-4/h48-50,55H,5-47H2,1-4H3,(H,52,56). The zero-order valence-electron chi connectivity index (χ0n) is 39.3. The Morgan fingerprint density at radius 2 is 1.05 bits per heavy atom. The minimum Gasteiger partial charge on any atom is -0.395 e. The van der Waals surface area contributed by atoms with Crippen molar-refractivity contribution in [2.75, 3.05) is 59.1 Å². The van der Waals surface area contributed by atoms with E-state index in [1.807, 2.05) is 0 Å². The Kier molecular flexibility index (Phi) is 40.0. The largest absolute Gasteiger partial charge is 0.395 e. The molecule has 0 radical (unpaired) electrons. The molecule has 0 aromatic carbocycles. The molecule has 0 bridgehead atoms. The third kappa shape index (κ3) is 33.7. The predicted octanol–water partition coefficient (Wildman–Crippen LogP) is 13.7. The molecule has 6 nitrogen and oxygen atoms in total. The smallest absolute Gasteiger partial charge is 0.220 e. The maximum absolute atomic E-state index is 12.9. The summed E-state index contributed by atoms with van der Waals surface area (Å²) in [4.78, 5) is 18.2. The minimum atomic E-state index is 0.261. The van der Waals surface area contributed by atoms with Gasteiger partial charge in [-0.1, -0.05) is 175 Å². The van der Waals surface area contributed by atoms with E-state index in [2.05, 4.69) is 42.8 Å². The van der Waals surface area contributed by atoms with Crippen LogP contribution in [0.2, 0.25) is 0 Å². The fraction of sp³-hybridized carbons (Fsp3) is 0.980. The molecule has 2 N–H and O–H groups in total. The first-order valence-electron chi connectivity index (χ1n) is 26.0. The number of hydrogen-bond acceptors (Lipinski definition) is 5. The van der Waals surface area contributed by atoms with Crippen LogP contribution in [0.15, 0.2) is 0 Å². The molecule has 0 saturated heterocycles. The second kappa shape index (κ2) is 42.0. The van der Waals surface area contributed by atoms with E-state index >= 15 is 0 Å². The van der Waals surface area contributed by atoms with Crippen LogP contribution in [0.1, 0.15) is 246 Å². The Labute approximate surface area is 357 Å². The van der Waals surface area contributed by atoms with E-state index in [9.17, 15) is 9.90 Å². The van der Waals surface area contributed by atoms with Crippen molar-refractivity contribution in [3.63, 3.8) is 0 Å². The lowest BCUT2D eigenvalue weighted by atomic mass is 9.94. The van der Waals surface area contributed by atoms with E-state index in [1.54, 1.807) is 0 Å². The quantitative estimate of drug-likeness (QED) is 0.0475. The van der Waals surface area contributed by atoms with Crippen LogP contribution in [-0.2, 0) is 9.53 Å². The number of nitrogens with zero attached hydrogens (tertiary/aromatic N) is 2. The topological polar surface area (TPSA) is 65.0 Å². The van der Waals surface area contributed by atoms with Gasteiger partial charge in [0, 0.05) is 51.9 Å². The highest BCUT2D eigenvalue weighted by molar-refractivity contribution is 5.75. The number of ether oxygens (including phenoxy) is 1. The van der Waals surface area contributed by atoms with Gasteiger partial charge in [0.05, 0.1) is 6.61 Å². The zero-order valence-corrected chi connectivity index (χ0v) is 39.3. The summed E-state index contributed by atoms with van der Waals surface area (Å²) in [6.45, 7) is 17.5. The molecule has 0 heterocycles. The maximum Gasteiger partial charge on any atom is 0.220 e. The molecule has 1 fully saturated rings. The first-order chi connectivity index (χ1) is 28.1. The summed E-state index contributed by atoms with van der Waals surface area (Å²) in [5, 5.41) is 13.3. The third-order valence-electron chi connectivity index (χ3n) is 13.1. The average molecular weight is 806 g/mol. The van der Waals surface area contributed by atoms with Crippen LogP contribution in [0.25, 0.3) is 0 Å². The van der Waals surface area contributed by atoms with E-state index < -0.39 is 0 Å². The van der Waals surface area contributed by atoms with Gasteiger partial charge in [-0.2, -0.15) is 0 Å². The lowest BCUT2D eigenvalue weighted by molar-refractivity contribution is -0.121. The molecule has 6 heteroatoms. The van der Waals surface area contributed by atoms with Crippen molar-refractivity contribution in [3.05, 3.63) is 0 Å².